The highest BCUT2D eigenvalue weighted by Crippen LogP contribution is 2.16. The van der Waals surface area contributed by atoms with Crippen molar-refractivity contribution in [3.8, 4) is 0 Å². The van der Waals surface area contributed by atoms with E-state index in [0.29, 0.717) is 17.3 Å². The standard InChI is InChI=1S/C19H22N4O2S/c24-23(25)18-9-7-17(8-10-18)21-19(26)20-13-15-3-5-16(6-4-15)14-22-11-1-2-12-22/h3-10H,1-2,11-14H2,(H2,20,21,26). The number of benzene rings is 2. The molecule has 0 radical (unpaired) electrons. The molecule has 0 atom stereocenters. The second-order valence-electron chi connectivity index (χ2n) is 6.41. The third-order valence-electron chi connectivity index (χ3n) is 4.42. The molecule has 0 aromatic heterocycles. The molecular formula is C19H22N4O2S. The van der Waals surface area contributed by atoms with E-state index in [0.717, 1.165) is 12.1 Å². The molecule has 1 fully saturated rings. The van der Waals surface area contributed by atoms with Gasteiger partial charge in [0, 0.05) is 30.9 Å². The molecule has 0 spiro atoms. The fourth-order valence-corrected chi connectivity index (χ4v) is 3.18. The third kappa shape index (κ3) is 5.24. The van der Waals surface area contributed by atoms with Gasteiger partial charge in [-0.3, -0.25) is 15.0 Å². The number of hydrogen-bond acceptors (Lipinski definition) is 4. The van der Waals surface area contributed by atoms with Crippen molar-refractivity contribution in [2.75, 3.05) is 18.4 Å². The zero-order valence-electron chi connectivity index (χ0n) is 14.5. The topological polar surface area (TPSA) is 70.4 Å². The number of hydrogen-bond donors (Lipinski definition) is 2. The molecule has 0 unspecified atom stereocenters. The molecule has 1 aliphatic rings. The van der Waals surface area contributed by atoms with Crippen molar-refractivity contribution in [2.45, 2.75) is 25.9 Å². The minimum atomic E-state index is -0.423. The van der Waals surface area contributed by atoms with Crippen LogP contribution in [0.4, 0.5) is 11.4 Å². The van der Waals surface area contributed by atoms with Gasteiger partial charge in [0.15, 0.2) is 5.11 Å². The Labute approximate surface area is 158 Å². The minimum absolute atomic E-state index is 0.0587. The lowest BCUT2D eigenvalue weighted by molar-refractivity contribution is -0.384. The van der Waals surface area contributed by atoms with E-state index in [9.17, 15) is 10.1 Å². The van der Waals surface area contributed by atoms with Gasteiger partial charge >= 0.3 is 0 Å². The fraction of sp³-hybridized carbons (Fsp3) is 0.316. The zero-order valence-corrected chi connectivity index (χ0v) is 15.3. The smallest absolute Gasteiger partial charge is 0.269 e. The van der Waals surface area contributed by atoms with Gasteiger partial charge in [-0.05, 0) is 61.4 Å². The summed E-state index contributed by atoms with van der Waals surface area (Å²) >= 11 is 5.28. The first-order chi connectivity index (χ1) is 12.6. The lowest BCUT2D eigenvalue weighted by atomic mass is 10.1. The fourth-order valence-electron chi connectivity index (χ4n) is 2.99. The summed E-state index contributed by atoms with van der Waals surface area (Å²) in [5, 5.41) is 17.3. The number of thiocarbonyl (C=S) groups is 1. The Hall–Kier alpha value is -2.51. The predicted octanol–water partition coefficient (Wildman–Crippen LogP) is 3.68. The van der Waals surface area contributed by atoms with Crippen molar-refractivity contribution in [3.05, 3.63) is 69.8 Å². The second kappa shape index (κ2) is 8.73. The second-order valence-corrected chi connectivity index (χ2v) is 6.82. The molecule has 6 nitrogen and oxygen atoms in total. The Morgan fingerprint density at radius 3 is 2.27 bits per heavy atom. The van der Waals surface area contributed by atoms with Crippen LogP contribution >= 0.6 is 12.2 Å². The van der Waals surface area contributed by atoms with E-state index in [4.69, 9.17) is 12.2 Å². The molecular weight excluding hydrogens is 348 g/mol. The maximum atomic E-state index is 10.7. The largest absolute Gasteiger partial charge is 0.358 e. The van der Waals surface area contributed by atoms with Gasteiger partial charge in [-0.2, -0.15) is 0 Å². The molecule has 7 heteroatoms. The molecule has 0 saturated carbocycles. The summed E-state index contributed by atoms with van der Waals surface area (Å²) in [6, 6.07) is 14.7. The Morgan fingerprint density at radius 1 is 1.04 bits per heavy atom. The molecule has 0 aliphatic carbocycles. The van der Waals surface area contributed by atoms with E-state index < -0.39 is 4.92 Å². The Balaban J connectivity index is 1.45. The molecule has 26 heavy (non-hydrogen) atoms. The van der Waals surface area contributed by atoms with Gasteiger partial charge in [-0.15, -0.1) is 0 Å². The van der Waals surface area contributed by atoms with Gasteiger partial charge in [0.2, 0.25) is 0 Å². The number of likely N-dealkylation sites (tertiary alicyclic amines) is 1. The quantitative estimate of drug-likeness (QED) is 0.459. The number of nitro benzene ring substituents is 1. The molecule has 136 valence electrons. The maximum absolute atomic E-state index is 10.7. The van der Waals surface area contributed by atoms with Crippen molar-refractivity contribution in [1.29, 1.82) is 0 Å². The van der Waals surface area contributed by atoms with Gasteiger partial charge in [-0.25, -0.2) is 0 Å². The number of anilines is 1. The van der Waals surface area contributed by atoms with Crippen LogP contribution in [0.1, 0.15) is 24.0 Å². The van der Waals surface area contributed by atoms with Gasteiger partial charge in [0.05, 0.1) is 4.92 Å². The Morgan fingerprint density at radius 2 is 1.65 bits per heavy atom. The summed E-state index contributed by atoms with van der Waals surface area (Å²) in [6.45, 7) is 4.05. The van der Waals surface area contributed by atoms with Crippen LogP contribution in [0.25, 0.3) is 0 Å². The lowest BCUT2D eigenvalue weighted by Crippen LogP contribution is -2.27. The predicted molar refractivity (Wildman–Crippen MR) is 107 cm³/mol. The van der Waals surface area contributed by atoms with Crippen molar-refractivity contribution >= 4 is 28.7 Å². The SMILES string of the molecule is O=[N+]([O-])c1ccc(NC(=S)NCc2ccc(CN3CCCC3)cc2)cc1. The van der Waals surface area contributed by atoms with Crippen LogP contribution in [0.2, 0.25) is 0 Å². The summed E-state index contributed by atoms with van der Waals surface area (Å²) in [5.74, 6) is 0. The molecule has 2 N–H and O–H groups in total. The summed E-state index contributed by atoms with van der Waals surface area (Å²) < 4.78 is 0. The van der Waals surface area contributed by atoms with Crippen molar-refractivity contribution in [2.24, 2.45) is 0 Å². The monoisotopic (exact) mass is 370 g/mol. The van der Waals surface area contributed by atoms with Gasteiger partial charge in [-0.1, -0.05) is 24.3 Å². The number of nitro groups is 1. The molecule has 2 aromatic carbocycles. The van der Waals surface area contributed by atoms with Gasteiger partial charge in [0.1, 0.15) is 0 Å². The van der Waals surface area contributed by atoms with Crippen molar-refractivity contribution in [3.63, 3.8) is 0 Å². The summed E-state index contributed by atoms with van der Waals surface area (Å²) in [5.41, 5.74) is 3.27. The molecule has 0 amide bonds. The van der Waals surface area contributed by atoms with Crippen LogP contribution in [-0.2, 0) is 13.1 Å². The summed E-state index contributed by atoms with van der Waals surface area (Å²) in [7, 11) is 0. The number of nitrogens with zero attached hydrogens (tertiary/aromatic N) is 2. The highest BCUT2D eigenvalue weighted by Gasteiger charge is 2.11. The normalized spacial score (nSPS) is 14.2. The van der Waals surface area contributed by atoms with Crippen molar-refractivity contribution < 1.29 is 4.92 Å². The third-order valence-corrected chi connectivity index (χ3v) is 4.66. The number of rotatable bonds is 6. The van der Waals surface area contributed by atoms with E-state index in [1.807, 2.05) is 0 Å². The van der Waals surface area contributed by atoms with Gasteiger partial charge in [0.25, 0.3) is 5.69 Å². The molecule has 2 aromatic rings. The maximum Gasteiger partial charge on any atom is 0.269 e. The van der Waals surface area contributed by atoms with Crippen molar-refractivity contribution in [1.82, 2.24) is 10.2 Å². The van der Waals surface area contributed by atoms with Crippen LogP contribution in [0.3, 0.4) is 0 Å². The van der Waals surface area contributed by atoms with Crippen LogP contribution in [0.5, 0.6) is 0 Å². The zero-order chi connectivity index (χ0) is 18.4. The first-order valence-corrected chi connectivity index (χ1v) is 9.10. The molecule has 0 bridgehead atoms. The van der Waals surface area contributed by atoms with Crippen LogP contribution in [0, 0.1) is 10.1 Å². The highest BCUT2D eigenvalue weighted by molar-refractivity contribution is 7.80. The summed E-state index contributed by atoms with van der Waals surface area (Å²) in [6.07, 6.45) is 2.61. The van der Waals surface area contributed by atoms with E-state index in [1.165, 1.54) is 43.6 Å². The minimum Gasteiger partial charge on any atom is -0.358 e. The first-order valence-electron chi connectivity index (χ1n) is 8.69. The first kappa shape index (κ1) is 18.3. The van der Waals surface area contributed by atoms with E-state index in [2.05, 4.69) is 39.8 Å². The number of non-ortho nitro benzene ring substituents is 1. The van der Waals surface area contributed by atoms with E-state index >= 15 is 0 Å². The van der Waals surface area contributed by atoms with Crippen LogP contribution < -0.4 is 10.6 Å². The number of nitrogens with one attached hydrogen (secondary N) is 2. The molecule has 3 rings (SSSR count). The summed E-state index contributed by atoms with van der Waals surface area (Å²) in [4.78, 5) is 12.7. The van der Waals surface area contributed by atoms with Crippen LogP contribution in [-0.4, -0.2) is 28.0 Å². The molecule has 1 aliphatic heterocycles. The van der Waals surface area contributed by atoms with Crippen LogP contribution in [0.15, 0.2) is 48.5 Å². The van der Waals surface area contributed by atoms with E-state index in [-0.39, 0.29) is 5.69 Å². The molecule has 1 heterocycles. The van der Waals surface area contributed by atoms with Gasteiger partial charge < -0.3 is 10.6 Å². The highest BCUT2D eigenvalue weighted by atomic mass is 32.1. The average Bonchev–Trinajstić information content (AvgIpc) is 3.15. The Kier molecular flexibility index (Phi) is 6.14. The average molecular weight is 370 g/mol. The van der Waals surface area contributed by atoms with E-state index in [1.54, 1.807) is 12.1 Å². The lowest BCUT2D eigenvalue weighted by Gasteiger charge is -2.15. The molecule has 1 saturated heterocycles. The Bertz CT molecular complexity index is 756.